The molecule has 2 rings (SSSR count). The van der Waals surface area contributed by atoms with Crippen LogP contribution in [0, 0.1) is 27.7 Å². The van der Waals surface area contributed by atoms with Crippen molar-refractivity contribution in [1.82, 2.24) is 0 Å². The highest BCUT2D eigenvalue weighted by molar-refractivity contribution is 6.11. The summed E-state index contributed by atoms with van der Waals surface area (Å²) in [7, 11) is 0. The predicted octanol–water partition coefficient (Wildman–Crippen LogP) is 3.33. The first-order valence-corrected chi connectivity index (χ1v) is 5.88. The van der Waals surface area contributed by atoms with Crippen molar-refractivity contribution in [2.45, 2.75) is 27.7 Å². The van der Waals surface area contributed by atoms with Gasteiger partial charge < -0.3 is 10.2 Å². The first-order chi connectivity index (χ1) is 8.40. The molecule has 1 aromatic heterocycles. The zero-order valence-electron chi connectivity index (χ0n) is 11.1. The first-order valence-electron chi connectivity index (χ1n) is 5.88. The van der Waals surface area contributed by atoms with E-state index in [2.05, 4.69) is 0 Å². The van der Waals surface area contributed by atoms with Gasteiger partial charge in [0.2, 0.25) is 0 Å². The van der Waals surface area contributed by atoms with Gasteiger partial charge in [0.15, 0.2) is 5.78 Å². The van der Waals surface area contributed by atoms with Crippen molar-refractivity contribution in [3.8, 4) is 0 Å². The van der Waals surface area contributed by atoms with Crippen LogP contribution >= 0.6 is 0 Å². The highest BCUT2D eigenvalue weighted by atomic mass is 16.3. The molecule has 3 heteroatoms. The first kappa shape index (κ1) is 12.4. The lowest BCUT2D eigenvalue weighted by Gasteiger charge is -2.08. The molecule has 1 heterocycles. The zero-order valence-corrected chi connectivity index (χ0v) is 11.1. The molecule has 1 aromatic carbocycles. The molecule has 0 aliphatic rings. The second-order valence-electron chi connectivity index (χ2n) is 4.68. The predicted molar refractivity (Wildman–Crippen MR) is 71.9 cm³/mol. The van der Waals surface area contributed by atoms with Gasteiger partial charge in [0, 0.05) is 11.3 Å². The van der Waals surface area contributed by atoms with Crippen LogP contribution in [0.15, 0.2) is 22.6 Å². The van der Waals surface area contributed by atoms with Gasteiger partial charge in [-0.1, -0.05) is 6.07 Å². The van der Waals surface area contributed by atoms with Crippen LogP contribution in [0.1, 0.15) is 38.6 Å². The zero-order chi connectivity index (χ0) is 13.4. The molecule has 94 valence electrons. The van der Waals surface area contributed by atoms with Crippen molar-refractivity contribution >= 4 is 11.5 Å². The van der Waals surface area contributed by atoms with Gasteiger partial charge in [-0.05, 0) is 51.0 Å². The van der Waals surface area contributed by atoms with E-state index < -0.39 is 0 Å². The number of rotatable bonds is 2. The highest BCUT2D eigenvalue weighted by Crippen LogP contribution is 2.23. The SMILES string of the molecule is Cc1cc(C(=O)c2cc(N)c(C)cc2C)c(C)o1. The number of ketones is 1. The molecule has 0 unspecified atom stereocenters. The minimum atomic E-state index is -0.0337. The van der Waals surface area contributed by atoms with Crippen molar-refractivity contribution in [2.75, 3.05) is 5.73 Å². The molecule has 0 fully saturated rings. The molecule has 0 aliphatic carbocycles. The van der Waals surface area contributed by atoms with Crippen LogP contribution in [0.5, 0.6) is 0 Å². The van der Waals surface area contributed by atoms with Gasteiger partial charge in [0.05, 0.1) is 5.56 Å². The number of hydrogen-bond donors (Lipinski definition) is 1. The summed E-state index contributed by atoms with van der Waals surface area (Å²) >= 11 is 0. The van der Waals surface area contributed by atoms with Crippen LogP contribution in [0.25, 0.3) is 0 Å². The molecule has 0 spiro atoms. The molecule has 2 aromatic rings. The lowest BCUT2D eigenvalue weighted by molar-refractivity contribution is 0.103. The van der Waals surface area contributed by atoms with Crippen molar-refractivity contribution in [3.05, 3.63) is 52.0 Å². The lowest BCUT2D eigenvalue weighted by atomic mass is 9.96. The molecule has 0 bridgehead atoms. The van der Waals surface area contributed by atoms with Crippen LogP contribution in [0.3, 0.4) is 0 Å². The fourth-order valence-electron chi connectivity index (χ4n) is 2.11. The number of carbonyl (C=O) groups excluding carboxylic acids is 1. The number of anilines is 1. The average molecular weight is 243 g/mol. The Balaban J connectivity index is 2.53. The molecule has 0 saturated carbocycles. The van der Waals surface area contributed by atoms with Gasteiger partial charge >= 0.3 is 0 Å². The number of benzene rings is 1. The maximum absolute atomic E-state index is 12.4. The van der Waals surface area contributed by atoms with E-state index in [4.69, 9.17) is 10.2 Å². The number of carbonyl (C=O) groups is 1. The third-order valence-corrected chi connectivity index (χ3v) is 3.14. The maximum atomic E-state index is 12.4. The largest absolute Gasteiger partial charge is 0.466 e. The van der Waals surface area contributed by atoms with E-state index in [0.29, 0.717) is 22.6 Å². The molecule has 18 heavy (non-hydrogen) atoms. The number of nitrogens with two attached hydrogens (primary N) is 1. The summed E-state index contributed by atoms with van der Waals surface area (Å²) in [6, 6.07) is 5.45. The van der Waals surface area contributed by atoms with E-state index in [1.165, 1.54) is 0 Å². The highest BCUT2D eigenvalue weighted by Gasteiger charge is 2.18. The minimum Gasteiger partial charge on any atom is -0.466 e. The topological polar surface area (TPSA) is 56.2 Å². The van der Waals surface area contributed by atoms with Gasteiger partial charge in [-0.15, -0.1) is 0 Å². The Morgan fingerprint density at radius 1 is 1.00 bits per heavy atom. The minimum absolute atomic E-state index is 0.0337. The van der Waals surface area contributed by atoms with Crippen molar-refractivity contribution in [3.63, 3.8) is 0 Å². The summed E-state index contributed by atoms with van der Waals surface area (Å²) in [5.74, 6) is 1.36. The molecule has 3 nitrogen and oxygen atoms in total. The van der Waals surface area contributed by atoms with Crippen LogP contribution in [-0.2, 0) is 0 Å². The lowest BCUT2D eigenvalue weighted by Crippen LogP contribution is -2.06. The Labute approximate surface area is 107 Å². The summed E-state index contributed by atoms with van der Waals surface area (Å²) < 4.78 is 5.40. The Morgan fingerprint density at radius 3 is 2.22 bits per heavy atom. The Kier molecular flexibility index (Phi) is 2.99. The molecule has 0 atom stereocenters. The Morgan fingerprint density at radius 2 is 1.67 bits per heavy atom. The number of furan rings is 1. The van der Waals surface area contributed by atoms with E-state index in [0.717, 1.165) is 16.9 Å². The molecule has 2 N–H and O–H groups in total. The summed E-state index contributed by atoms with van der Waals surface area (Å²) in [6.07, 6.45) is 0. The third-order valence-electron chi connectivity index (χ3n) is 3.14. The van der Waals surface area contributed by atoms with Crippen molar-refractivity contribution in [1.29, 1.82) is 0 Å². The molecular formula is C15H17NO2. The van der Waals surface area contributed by atoms with Gasteiger partial charge in [0.25, 0.3) is 0 Å². The monoisotopic (exact) mass is 243 g/mol. The molecule has 0 saturated heterocycles. The van der Waals surface area contributed by atoms with Gasteiger partial charge in [-0.3, -0.25) is 4.79 Å². The van der Waals surface area contributed by atoms with E-state index in [1.807, 2.05) is 26.8 Å². The quantitative estimate of drug-likeness (QED) is 0.650. The summed E-state index contributed by atoms with van der Waals surface area (Å²) in [5, 5.41) is 0. The molecule has 0 aliphatic heterocycles. The van der Waals surface area contributed by atoms with Gasteiger partial charge in [0.1, 0.15) is 11.5 Å². The second-order valence-corrected chi connectivity index (χ2v) is 4.68. The fraction of sp³-hybridized carbons (Fsp3) is 0.267. The van der Waals surface area contributed by atoms with E-state index >= 15 is 0 Å². The van der Waals surface area contributed by atoms with Crippen LogP contribution in [-0.4, -0.2) is 5.78 Å². The summed E-state index contributed by atoms with van der Waals surface area (Å²) in [5.41, 5.74) is 9.69. The van der Waals surface area contributed by atoms with E-state index in [-0.39, 0.29) is 5.78 Å². The maximum Gasteiger partial charge on any atom is 0.196 e. The number of nitrogen functional groups attached to an aromatic ring is 1. The average Bonchev–Trinajstić information content (AvgIpc) is 2.62. The van der Waals surface area contributed by atoms with Crippen LogP contribution < -0.4 is 5.73 Å². The smallest absolute Gasteiger partial charge is 0.196 e. The van der Waals surface area contributed by atoms with Crippen LogP contribution in [0.2, 0.25) is 0 Å². The van der Waals surface area contributed by atoms with Crippen molar-refractivity contribution in [2.24, 2.45) is 0 Å². The normalized spacial score (nSPS) is 10.7. The standard InChI is InChI=1S/C15H17NO2/c1-8-5-9(2)14(16)7-12(8)15(17)13-6-10(3)18-11(13)4/h5-7H,16H2,1-4H3. The third kappa shape index (κ3) is 2.04. The summed E-state index contributed by atoms with van der Waals surface area (Å²) in [4.78, 5) is 12.4. The second kappa shape index (κ2) is 4.33. The number of hydrogen-bond acceptors (Lipinski definition) is 3. The van der Waals surface area contributed by atoms with Crippen LogP contribution in [0.4, 0.5) is 5.69 Å². The van der Waals surface area contributed by atoms with Gasteiger partial charge in [-0.2, -0.15) is 0 Å². The fourth-order valence-corrected chi connectivity index (χ4v) is 2.11. The Hall–Kier alpha value is -2.03. The van der Waals surface area contributed by atoms with Gasteiger partial charge in [-0.25, -0.2) is 0 Å². The molecular weight excluding hydrogens is 226 g/mol. The van der Waals surface area contributed by atoms with E-state index in [1.54, 1.807) is 19.1 Å². The summed E-state index contributed by atoms with van der Waals surface area (Å²) in [6.45, 7) is 7.49. The Bertz CT molecular complexity index is 624. The molecule has 0 radical (unpaired) electrons. The van der Waals surface area contributed by atoms with Crippen molar-refractivity contribution < 1.29 is 9.21 Å². The van der Waals surface area contributed by atoms with E-state index in [9.17, 15) is 4.79 Å². The molecule has 0 amide bonds. The number of aryl methyl sites for hydroxylation is 4.